The average molecular weight is 307 g/mol. The maximum Gasteiger partial charge on any atom is 0.240 e. The molecule has 5 heteroatoms. The van der Waals surface area contributed by atoms with Crippen LogP contribution in [0.4, 0.5) is 0 Å². The zero-order valence-electron chi connectivity index (χ0n) is 12.4. The fourth-order valence-electron chi connectivity index (χ4n) is 2.41. The molecule has 0 bridgehead atoms. The quantitative estimate of drug-likeness (QED) is 0.923. The van der Waals surface area contributed by atoms with Crippen LogP contribution in [0.15, 0.2) is 30.5 Å². The summed E-state index contributed by atoms with van der Waals surface area (Å²) in [6.45, 7) is 5.49. The van der Waals surface area contributed by atoms with Crippen molar-refractivity contribution in [2.24, 2.45) is 5.92 Å². The van der Waals surface area contributed by atoms with Crippen molar-refractivity contribution in [2.75, 3.05) is 0 Å². The fourth-order valence-corrected chi connectivity index (χ4v) is 2.57. The molecule has 1 aromatic heterocycles. The summed E-state index contributed by atoms with van der Waals surface area (Å²) in [5.41, 5.74) is 0.904. The first kappa shape index (κ1) is 15.6. The van der Waals surface area contributed by atoms with E-state index >= 15 is 0 Å². The van der Waals surface area contributed by atoms with Gasteiger partial charge >= 0.3 is 0 Å². The Kier molecular flexibility index (Phi) is 4.68. The lowest BCUT2D eigenvalue weighted by molar-refractivity contribution is -0.128. The van der Waals surface area contributed by atoms with Gasteiger partial charge in [0.15, 0.2) is 5.78 Å². The molecule has 1 atom stereocenters. The minimum Gasteiger partial charge on any atom is -0.344 e. The summed E-state index contributed by atoms with van der Waals surface area (Å²) in [4.78, 5) is 23.7. The van der Waals surface area contributed by atoms with E-state index in [0.717, 1.165) is 10.9 Å². The van der Waals surface area contributed by atoms with Gasteiger partial charge in [0, 0.05) is 16.7 Å². The normalized spacial score (nSPS) is 12.6. The first-order valence-corrected chi connectivity index (χ1v) is 7.30. The molecule has 4 nitrogen and oxygen atoms in total. The number of amides is 1. The SMILES string of the molecule is CC(=O)C(NC(=O)Cn1ccc2ccc(Cl)cc21)C(C)C. The van der Waals surface area contributed by atoms with E-state index < -0.39 is 6.04 Å². The number of carbonyl (C=O) groups excluding carboxylic acids is 2. The number of nitrogens with zero attached hydrogens (tertiary/aromatic N) is 1. The molecular formula is C16H19ClN2O2. The van der Waals surface area contributed by atoms with E-state index in [0.29, 0.717) is 5.02 Å². The number of aromatic nitrogens is 1. The third-order valence-electron chi connectivity index (χ3n) is 3.47. The van der Waals surface area contributed by atoms with Crippen LogP contribution in [0.3, 0.4) is 0 Å². The van der Waals surface area contributed by atoms with Crippen LogP contribution in [-0.2, 0) is 16.1 Å². The van der Waals surface area contributed by atoms with Gasteiger partial charge in [-0.3, -0.25) is 9.59 Å². The summed E-state index contributed by atoms with van der Waals surface area (Å²) >= 11 is 5.99. The molecule has 112 valence electrons. The van der Waals surface area contributed by atoms with Gasteiger partial charge in [-0.05, 0) is 36.4 Å². The first-order valence-electron chi connectivity index (χ1n) is 6.92. The van der Waals surface area contributed by atoms with Gasteiger partial charge < -0.3 is 9.88 Å². The zero-order valence-corrected chi connectivity index (χ0v) is 13.1. The lowest BCUT2D eigenvalue weighted by atomic mass is 10.0. The summed E-state index contributed by atoms with van der Waals surface area (Å²) in [6, 6.07) is 7.05. The van der Waals surface area contributed by atoms with Gasteiger partial charge in [0.25, 0.3) is 0 Å². The molecule has 0 aliphatic rings. The molecule has 1 heterocycles. The summed E-state index contributed by atoms with van der Waals surface area (Å²) in [7, 11) is 0. The maximum atomic E-state index is 12.1. The van der Waals surface area contributed by atoms with Crippen molar-refractivity contribution < 1.29 is 9.59 Å². The minimum atomic E-state index is -0.442. The van der Waals surface area contributed by atoms with E-state index in [1.807, 2.05) is 48.9 Å². The molecular weight excluding hydrogens is 288 g/mol. The molecule has 0 fully saturated rings. The number of hydrogen-bond acceptors (Lipinski definition) is 2. The second kappa shape index (κ2) is 6.31. The molecule has 0 spiro atoms. The molecule has 1 unspecified atom stereocenters. The molecule has 1 aromatic carbocycles. The predicted molar refractivity (Wildman–Crippen MR) is 84.4 cm³/mol. The first-order chi connectivity index (χ1) is 9.88. The maximum absolute atomic E-state index is 12.1. The van der Waals surface area contributed by atoms with Crippen molar-refractivity contribution in [1.29, 1.82) is 0 Å². The number of Topliss-reactive ketones (excluding diaryl/α,β-unsaturated/α-hetero) is 1. The molecule has 2 aromatic rings. The van der Waals surface area contributed by atoms with Crippen LogP contribution in [0.1, 0.15) is 20.8 Å². The standard InChI is InChI=1S/C16H19ClN2O2/c1-10(2)16(11(3)20)18-15(21)9-19-7-6-12-4-5-13(17)8-14(12)19/h4-8,10,16H,9H2,1-3H3,(H,18,21). The Morgan fingerprint density at radius 3 is 2.62 bits per heavy atom. The highest BCUT2D eigenvalue weighted by Gasteiger charge is 2.20. The van der Waals surface area contributed by atoms with E-state index in [1.165, 1.54) is 6.92 Å². The Labute approximate surface area is 129 Å². The lowest BCUT2D eigenvalue weighted by Gasteiger charge is -2.19. The summed E-state index contributed by atoms with van der Waals surface area (Å²) in [5, 5.41) is 4.45. The van der Waals surface area contributed by atoms with Crippen LogP contribution >= 0.6 is 11.6 Å². The van der Waals surface area contributed by atoms with Gasteiger partial charge in [0.05, 0.1) is 6.04 Å². The number of ketones is 1. The van der Waals surface area contributed by atoms with Gasteiger partial charge in [-0.15, -0.1) is 0 Å². The number of fused-ring (bicyclic) bond motifs is 1. The number of halogens is 1. The Morgan fingerprint density at radius 1 is 1.29 bits per heavy atom. The van der Waals surface area contributed by atoms with E-state index in [9.17, 15) is 9.59 Å². The summed E-state index contributed by atoms with van der Waals surface area (Å²) < 4.78 is 1.83. The van der Waals surface area contributed by atoms with E-state index in [-0.39, 0.29) is 24.2 Å². The minimum absolute atomic E-state index is 0.0289. The fraction of sp³-hybridized carbons (Fsp3) is 0.375. The highest BCUT2D eigenvalue weighted by atomic mass is 35.5. The highest BCUT2D eigenvalue weighted by molar-refractivity contribution is 6.31. The second-order valence-corrected chi connectivity index (χ2v) is 5.98. The van der Waals surface area contributed by atoms with Crippen LogP contribution in [0.25, 0.3) is 10.9 Å². The summed E-state index contributed by atoms with van der Waals surface area (Å²) in [5.74, 6) is -0.137. The predicted octanol–water partition coefficient (Wildman–Crippen LogP) is 3.02. The van der Waals surface area contributed by atoms with Crippen molar-refractivity contribution >= 4 is 34.2 Å². The summed E-state index contributed by atoms with van der Waals surface area (Å²) in [6.07, 6.45) is 1.85. The van der Waals surface area contributed by atoms with Crippen LogP contribution < -0.4 is 5.32 Å². The van der Waals surface area contributed by atoms with Crippen LogP contribution in [0.5, 0.6) is 0 Å². The largest absolute Gasteiger partial charge is 0.344 e. The van der Waals surface area contributed by atoms with Crippen LogP contribution in [0.2, 0.25) is 5.02 Å². The van der Waals surface area contributed by atoms with Crippen LogP contribution in [-0.4, -0.2) is 22.3 Å². The second-order valence-electron chi connectivity index (χ2n) is 5.55. The van der Waals surface area contributed by atoms with Gasteiger partial charge in [-0.25, -0.2) is 0 Å². The van der Waals surface area contributed by atoms with Gasteiger partial charge in [0.1, 0.15) is 6.54 Å². The average Bonchev–Trinajstić information content (AvgIpc) is 2.78. The smallest absolute Gasteiger partial charge is 0.240 e. The lowest BCUT2D eigenvalue weighted by Crippen LogP contribution is -2.44. The molecule has 0 saturated heterocycles. The topological polar surface area (TPSA) is 51.1 Å². The molecule has 0 saturated carbocycles. The van der Waals surface area contributed by atoms with Gasteiger partial charge in [-0.2, -0.15) is 0 Å². The van der Waals surface area contributed by atoms with Crippen LogP contribution in [0, 0.1) is 5.92 Å². The molecule has 1 amide bonds. The van der Waals surface area contributed by atoms with E-state index in [4.69, 9.17) is 11.6 Å². The molecule has 0 aliphatic carbocycles. The number of hydrogen-bond donors (Lipinski definition) is 1. The Bertz CT molecular complexity index is 676. The van der Waals surface area contributed by atoms with E-state index in [2.05, 4.69) is 5.32 Å². The number of benzene rings is 1. The van der Waals surface area contributed by atoms with Crippen molar-refractivity contribution in [3.05, 3.63) is 35.5 Å². The van der Waals surface area contributed by atoms with Gasteiger partial charge in [-0.1, -0.05) is 31.5 Å². The number of carbonyl (C=O) groups is 2. The molecule has 0 aliphatic heterocycles. The Morgan fingerprint density at radius 2 is 2.00 bits per heavy atom. The van der Waals surface area contributed by atoms with Crippen molar-refractivity contribution in [3.63, 3.8) is 0 Å². The number of nitrogens with one attached hydrogen (secondary N) is 1. The Balaban J connectivity index is 2.14. The van der Waals surface area contributed by atoms with Gasteiger partial charge in [0.2, 0.25) is 5.91 Å². The molecule has 21 heavy (non-hydrogen) atoms. The monoisotopic (exact) mass is 306 g/mol. The number of rotatable bonds is 5. The molecule has 2 rings (SSSR count). The zero-order chi connectivity index (χ0) is 15.6. The molecule has 1 N–H and O–H groups in total. The van der Waals surface area contributed by atoms with E-state index in [1.54, 1.807) is 0 Å². The van der Waals surface area contributed by atoms with Crippen molar-refractivity contribution in [1.82, 2.24) is 9.88 Å². The van der Waals surface area contributed by atoms with Crippen molar-refractivity contribution in [3.8, 4) is 0 Å². The highest BCUT2D eigenvalue weighted by Crippen LogP contribution is 2.20. The third-order valence-corrected chi connectivity index (χ3v) is 3.71. The van der Waals surface area contributed by atoms with Crippen molar-refractivity contribution in [2.45, 2.75) is 33.4 Å². The molecule has 0 radical (unpaired) electrons. The third kappa shape index (κ3) is 3.64. The Hall–Kier alpha value is -1.81.